The predicted octanol–water partition coefficient (Wildman–Crippen LogP) is 4.89. The molecule has 3 rings (SSSR count). The van der Waals surface area contributed by atoms with E-state index in [2.05, 4.69) is 23.6 Å². The average molecular weight is 343 g/mol. The quantitative estimate of drug-likeness (QED) is 0.701. The van der Waals surface area contributed by atoms with Gasteiger partial charge in [0.1, 0.15) is 5.01 Å². The first-order valence-corrected chi connectivity index (χ1v) is 9.48. The lowest BCUT2D eigenvalue weighted by molar-refractivity contribution is -0.150. The topological polar surface area (TPSA) is 39.2 Å². The molecule has 0 bridgehead atoms. The van der Waals surface area contributed by atoms with Crippen LogP contribution in [0, 0.1) is 11.3 Å². The fourth-order valence-corrected chi connectivity index (χ4v) is 4.03. The van der Waals surface area contributed by atoms with Crippen molar-refractivity contribution in [2.24, 2.45) is 11.3 Å². The minimum Gasteiger partial charge on any atom is -0.469 e. The minimum absolute atomic E-state index is 0.176. The molecule has 0 atom stereocenters. The zero-order valence-electron chi connectivity index (χ0n) is 14.7. The van der Waals surface area contributed by atoms with Crippen LogP contribution < -0.4 is 0 Å². The normalized spacial score (nSPS) is 15.1. The first-order valence-electron chi connectivity index (χ1n) is 8.60. The van der Waals surface area contributed by atoms with Gasteiger partial charge in [-0.25, -0.2) is 4.98 Å². The number of hydrogen-bond donors (Lipinski definition) is 0. The van der Waals surface area contributed by atoms with Crippen molar-refractivity contribution >= 4 is 17.3 Å². The highest BCUT2D eigenvalue weighted by molar-refractivity contribution is 7.13. The van der Waals surface area contributed by atoms with E-state index >= 15 is 0 Å². The van der Waals surface area contributed by atoms with E-state index in [1.54, 1.807) is 11.3 Å². The number of nitrogens with zero attached hydrogens (tertiary/aromatic N) is 1. The van der Waals surface area contributed by atoms with Crippen LogP contribution in [0.3, 0.4) is 0 Å². The Labute approximate surface area is 148 Å². The van der Waals surface area contributed by atoms with Crippen LogP contribution in [0.5, 0.6) is 0 Å². The summed E-state index contributed by atoms with van der Waals surface area (Å²) in [5, 5.41) is 3.26. The maximum absolute atomic E-state index is 11.9. The summed E-state index contributed by atoms with van der Waals surface area (Å²) in [5.41, 5.74) is 2.97. The Bertz CT molecular complexity index is 716. The van der Waals surface area contributed by atoms with Crippen molar-refractivity contribution in [1.82, 2.24) is 4.98 Å². The van der Waals surface area contributed by atoms with Gasteiger partial charge in [-0.3, -0.25) is 4.79 Å². The number of carbonyl (C=O) groups excluding carboxylic acids is 1. The molecule has 1 aliphatic carbocycles. The molecule has 1 fully saturated rings. The van der Waals surface area contributed by atoms with Crippen molar-refractivity contribution in [2.75, 3.05) is 7.11 Å². The van der Waals surface area contributed by atoms with E-state index in [-0.39, 0.29) is 5.97 Å². The molecule has 1 heterocycles. The highest BCUT2D eigenvalue weighted by Crippen LogP contribution is 2.32. The van der Waals surface area contributed by atoms with Gasteiger partial charge in [0.15, 0.2) is 0 Å². The zero-order chi connectivity index (χ0) is 17.2. The molecule has 2 aromatic rings. The van der Waals surface area contributed by atoms with Gasteiger partial charge in [-0.1, -0.05) is 37.5 Å². The van der Waals surface area contributed by atoms with Gasteiger partial charge in [-0.15, -0.1) is 11.3 Å². The van der Waals surface area contributed by atoms with Crippen LogP contribution in [0.4, 0.5) is 0 Å². The van der Waals surface area contributed by atoms with E-state index in [1.807, 2.05) is 19.9 Å². The highest BCUT2D eigenvalue weighted by Gasteiger charge is 2.29. The second-order valence-corrected chi connectivity index (χ2v) is 8.26. The van der Waals surface area contributed by atoms with E-state index in [9.17, 15) is 4.79 Å². The molecule has 0 aliphatic heterocycles. The lowest BCUT2D eigenvalue weighted by Gasteiger charge is -2.24. The van der Waals surface area contributed by atoms with Crippen molar-refractivity contribution in [1.29, 1.82) is 0 Å². The van der Waals surface area contributed by atoms with E-state index in [4.69, 9.17) is 9.72 Å². The van der Waals surface area contributed by atoms with E-state index < -0.39 is 5.41 Å². The lowest BCUT2D eigenvalue weighted by Crippen LogP contribution is -2.27. The second-order valence-electron chi connectivity index (χ2n) is 7.40. The molecule has 1 aromatic carbocycles. The number of ether oxygens (including phenoxy) is 1. The molecule has 0 radical (unpaired) electrons. The summed E-state index contributed by atoms with van der Waals surface area (Å²) < 4.78 is 4.91. The fourth-order valence-electron chi connectivity index (χ4n) is 3.20. The van der Waals surface area contributed by atoms with Crippen LogP contribution in [-0.4, -0.2) is 18.1 Å². The Morgan fingerprint density at radius 2 is 2.17 bits per heavy atom. The van der Waals surface area contributed by atoms with Gasteiger partial charge in [0, 0.05) is 10.9 Å². The smallest absolute Gasteiger partial charge is 0.311 e. The van der Waals surface area contributed by atoms with E-state index in [0.29, 0.717) is 6.42 Å². The number of thiazole rings is 1. The molecule has 4 heteroatoms. The molecule has 0 spiro atoms. The lowest BCUT2D eigenvalue weighted by atomic mass is 9.82. The number of hydrogen-bond acceptors (Lipinski definition) is 4. The van der Waals surface area contributed by atoms with Crippen LogP contribution in [0.2, 0.25) is 0 Å². The SMILES string of the molecule is COC(=O)C(C)(C)Cc1cccc(-c2nc(CC3CCC3)cs2)c1. The Kier molecular flexibility index (Phi) is 5.04. The Morgan fingerprint density at radius 1 is 1.38 bits per heavy atom. The molecule has 0 amide bonds. The summed E-state index contributed by atoms with van der Waals surface area (Å²) >= 11 is 1.71. The Morgan fingerprint density at radius 3 is 2.83 bits per heavy atom. The molecule has 3 nitrogen and oxygen atoms in total. The van der Waals surface area contributed by atoms with Crippen molar-refractivity contribution < 1.29 is 9.53 Å². The minimum atomic E-state index is -0.522. The first-order chi connectivity index (χ1) is 11.5. The number of benzene rings is 1. The second kappa shape index (κ2) is 7.06. The van der Waals surface area contributed by atoms with E-state index in [1.165, 1.54) is 32.1 Å². The summed E-state index contributed by atoms with van der Waals surface area (Å²) in [5.74, 6) is 0.664. The average Bonchev–Trinajstić information content (AvgIpc) is 2.98. The molecular weight excluding hydrogens is 318 g/mol. The summed E-state index contributed by atoms with van der Waals surface area (Å²) in [7, 11) is 1.44. The number of carbonyl (C=O) groups is 1. The number of esters is 1. The Hall–Kier alpha value is -1.68. The largest absolute Gasteiger partial charge is 0.469 e. The van der Waals surface area contributed by atoms with Crippen LogP contribution in [-0.2, 0) is 22.4 Å². The molecule has 24 heavy (non-hydrogen) atoms. The van der Waals surface area contributed by atoms with Crippen LogP contribution >= 0.6 is 11.3 Å². The number of aromatic nitrogens is 1. The molecular formula is C20H25NO2S. The van der Waals surface area contributed by atoms with Crippen LogP contribution in [0.25, 0.3) is 10.6 Å². The summed E-state index contributed by atoms with van der Waals surface area (Å²) in [6, 6.07) is 8.36. The molecule has 0 N–H and O–H groups in total. The Balaban J connectivity index is 1.74. The molecule has 128 valence electrons. The van der Waals surface area contributed by atoms with Gasteiger partial charge in [-0.05, 0) is 44.2 Å². The van der Waals surface area contributed by atoms with Gasteiger partial charge in [0.05, 0.1) is 18.2 Å². The molecule has 0 unspecified atom stereocenters. The van der Waals surface area contributed by atoms with Gasteiger partial charge in [-0.2, -0.15) is 0 Å². The molecule has 1 aliphatic rings. The van der Waals surface area contributed by atoms with Crippen LogP contribution in [0.1, 0.15) is 44.4 Å². The van der Waals surface area contributed by atoms with Crippen LogP contribution in [0.15, 0.2) is 29.6 Å². The highest BCUT2D eigenvalue weighted by atomic mass is 32.1. The standard InChI is InChI=1S/C20H25NO2S/c1-20(2,19(22)23-3)12-15-8-5-9-16(10-15)18-21-17(13-24-18)11-14-6-4-7-14/h5,8-10,13-14H,4,6-7,11-12H2,1-3H3. The van der Waals surface area contributed by atoms with Crippen molar-refractivity contribution in [3.8, 4) is 10.6 Å². The van der Waals surface area contributed by atoms with Gasteiger partial charge in [0.25, 0.3) is 0 Å². The zero-order valence-corrected chi connectivity index (χ0v) is 15.5. The fraction of sp³-hybridized carbons (Fsp3) is 0.500. The van der Waals surface area contributed by atoms with Crippen molar-refractivity contribution in [3.05, 3.63) is 40.9 Å². The van der Waals surface area contributed by atoms with Gasteiger partial charge in [0.2, 0.25) is 0 Å². The third-order valence-electron chi connectivity index (χ3n) is 4.83. The maximum Gasteiger partial charge on any atom is 0.311 e. The van der Waals surface area contributed by atoms with Crippen molar-refractivity contribution in [3.63, 3.8) is 0 Å². The summed E-state index contributed by atoms with van der Waals surface area (Å²) in [4.78, 5) is 16.7. The predicted molar refractivity (Wildman–Crippen MR) is 98.1 cm³/mol. The maximum atomic E-state index is 11.9. The third-order valence-corrected chi connectivity index (χ3v) is 5.77. The summed E-state index contributed by atoms with van der Waals surface area (Å²) in [6.45, 7) is 3.84. The number of rotatable bonds is 6. The molecule has 0 saturated heterocycles. The first kappa shape index (κ1) is 17.2. The molecule has 1 aromatic heterocycles. The third kappa shape index (κ3) is 3.86. The van der Waals surface area contributed by atoms with E-state index in [0.717, 1.165) is 28.5 Å². The summed E-state index contributed by atoms with van der Waals surface area (Å²) in [6.07, 6.45) is 5.86. The number of methoxy groups -OCH3 is 1. The van der Waals surface area contributed by atoms with Gasteiger partial charge < -0.3 is 4.74 Å². The molecule has 1 saturated carbocycles. The van der Waals surface area contributed by atoms with Gasteiger partial charge >= 0.3 is 5.97 Å². The van der Waals surface area contributed by atoms with Crippen molar-refractivity contribution in [2.45, 2.75) is 46.0 Å². The monoisotopic (exact) mass is 343 g/mol.